The summed E-state index contributed by atoms with van der Waals surface area (Å²) in [4.78, 5) is 23.8. The monoisotopic (exact) mass is 273 g/mol. The van der Waals surface area contributed by atoms with E-state index in [4.69, 9.17) is 4.74 Å². The number of benzene rings is 1. The lowest BCUT2D eigenvalue weighted by Crippen LogP contribution is -2.31. The van der Waals surface area contributed by atoms with Crippen molar-refractivity contribution in [2.24, 2.45) is 5.92 Å². The van der Waals surface area contributed by atoms with Gasteiger partial charge in [-0.2, -0.15) is 5.10 Å². The van der Waals surface area contributed by atoms with Crippen LogP contribution < -0.4 is 10.9 Å². The van der Waals surface area contributed by atoms with E-state index < -0.39 is 0 Å². The molecule has 1 aromatic heterocycles. The maximum Gasteiger partial charge on any atom is 0.272 e. The molecular formula is C14H15N3O3. The second kappa shape index (κ2) is 5.42. The lowest BCUT2D eigenvalue weighted by Gasteiger charge is -2.10. The average Bonchev–Trinajstić information content (AvgIpc) is 2.99. The van der Waals surface area contributed by atoms with E-state index in [2.05, 4.69) is 15.5 Å². The Morgan fingerprint density at radius 1 is 1.40 bits per heavy atom. The average molecular weight is 273 g/mol. The molecule has 6 heteroatoms. The number of amides is 1. The molecule has 2 N–H and O–H groups in total. The lowest BCUT2D eigenvalue weighted by molar-refractivity contribution is 0.0941. The standard InChI is InChI=1S/C14H15N3O3/c18-13-11-4-2-1-3-10(11)12(16-17-13)14(19)15-7-9-5-6-20-8-9/h1-4,9H,5-8H2,(H,15,19)(H,17,18)/t9-/m0/s1. The third kappa shape index (κ3) is 2.42. The van der Waals surface area contributed by atoms with Crippen LogP contribution in [0.1, 0.15) is 16.9 Å². The molecule has 1 aliphatic heterocycles. The molecule has 20 heavy (non-hydrogen) atoms. The predicted molar refractivity (Wildman–Crippen MR) is 73.6 cm³/mol. The first-order valence-electron chi connectivity index (χ1n) is 6.59. The summed E-state index contributed by atoms with van der Waals surface area (Å²) < 4.78 is 5.27. The Morgan fingerprint density at radius 3 is 2.95 bits per heavy atom. The highest BCUT2D eigenvalue weighted by Crippen LogP contribution is 2.13. The Balaban J connectivity index is 1.84. The van der Waals surface area contributed by atoms with Crippen molar-refractivity contribution in [3.8, 4) is 0 Å². The number of hydrogen-bond acceptors (Lipinski definition) is 4. The predicted octanol–water partition coefficient (Wildman–Crippen LogP) is 0.689. The Morgan fingerprint density at radius 2 is 2.20 bits per heavy atom. The number of aromatic amines is 1. The lowest BCUT2D eigenvalue weighted by atomic mass is 10.1. The van der Waals surface area contributed by atoms with Gasteiger partial charge in [0, 0.05) is 24.5 Å². The number of fused-ring (bicyclic) bond motifs is 1. The van der Waals surface area contributed by atoms with Crippen LogP contribution >= 0.6 is 0 Å². The van der Waals surface area contributed by atoms with Gasteiger partial charge in [-0.05, 0) is 12.5 Å². The van der Waals surface area contributed by atoms with Crippen LogP contribution in [0.25, 0.3) is 10.8 Å². The highest BCUT2D eigenvalue weighted by Gasteiger charge is 2.18. The molecule has 1 saturated heterocycles. The Kier molecular flexibility index (Phi) is 3.47. The van der Waals surface area contributed by atoms with Crippen LogP contribution in [-0.2, 0) is 4.74 Å². The van der Waals surface area contributed by atoms with Gasteiger partial charge in [-0.25, -0.2) is 5.10 Å². The van der Waals surface area contributed by atoms with E-state index >= 15 is 0 Å². The number of rotatable bonds is 3. The fraction of sp³-hybridized carbons (Fsp3) is 0.357. The number of nitrogens with zero attached hydrogens (tertiary/aromatic N) is 1. The molecule has 0 aliphatic carbocycles. The Hall–Kier alpha value is -2.21. The van der Waals surface area contributed by atoms with Crippen molar-refractivity contribution < 1.29 is 9.53 Å². The molecule has 0 spiro atoms. The minimum Gasteiger partial charge on any atom is -0.381 e. The van der Waals surface area contributed by atoms with Gasteiger partial charge in [0.15, 0.2) is 5.69 Å². The molecule has 0 radical (unpaired) electrons. The topological polar surface area (TPSA) is 84.1 Å². The highest BCUT2D eigenvalue weighted by molar-refractivity contribution is 6.04. The summed E-state index contributed by atoms with van der Waals surface area (Å²) in [5.74, 6) is 0.0809. The Labute approximate surface area is 115 Å². The number of carbonyl (C=O) groups is 1. The molecule has 1 amide bonds. The van der Waals surface area contributed by atoms with Gasteiger partial charge in [0.2, 0.25) is 0 Å². The number of hydrogen-bond donors (Lipinski definition) is 2. The highest BCUT2D eigenvalue weighted by atomic mass is 16.5. The minimum absolute atomic E-state index is 0.249. The van der Waals surface area contributed by atoms with Gasteiger partial charge in [-0.1, -0.05) is 18.2 Å². The summed E-state index contributed by atoms with van der Waals surface area (Å²) in [5, 5.41) is 10.1. The van der Waals surface area contributed by atoms with Gasteiger partial charge in [-0.15, -0.1) is 0 Å². The molecule has 1 aromatic carbocycles. The van der Waals surface area contributed by atoms with Gasteiger partial charge in [-0.3, -0.25) is 9.59 Å². The van der Waals surface area contributed by atoms with Crippen molar-refractivity contribution in [2.75, 3.05) is 19.8 Å². The van der Waals surface area contributed by atoms with Crippen LogP contribution in [0.2, 0.25) is 0 Å². The van der Waals surface area contributed by atoms with Crippen LogP contribution in [0.4, 0.5) is 0 Å². The molecule has 2 aromatic rings. The molecule has 2 heterocycles. The van der Waals surface area contributed by atoms with Crippen molar-refractivity contribution in [1.29, 1.82) is 0 Å². The third-order valence-corrected chi connectivity index (χ3v) is 3.49. The molecule has 0 saturated carbocycles. The van der Waals surface area contributed by atoms with Crippen LogP contribution in [0.5, 0.6) is 0 Å². The number of H-pyrrole nitrogens is 1. The van der Waals surface area contributed by atoms with E-state index in [-0.39, 0.29) is 17.2 Å². The number of carbonyl (C=O) groups excluding carboxylic acids is 1. The van der Waals surface area contributed by atoms with Crippen LogP contribution in [0.3, 0.4) is 0 Å². The quantitative estimate of drug-likeness (QED) is 0.861. The van der Waals surface area contributed by atoms with Crippen LogP contribution in [0.15, 0.2) is 29.1 Å². The van der Waals surface area contributed by atoms with E-state index in [0.29, 0.717) is 29.8 Å². The van der Waals surface area contributed by atoms with Crippen molar-refractivity contribution in [3.63, 3.8) is 0 Å². The SMILES string of the molecule is O=C(NC[C@@H]1CCOC1)c1n[nH]c(=O)c2ccccc12. The van der Waals surface area contributed by atoms with Crippen molar-refractivity contribution in [3.05, 3.63) is 40.3 Å². The van der Waals surface area contributed by atoms with Gasteiger partial charge < -0.3 is 10.1 Å². The molecular weight excluding hydrogens is 258 g/mol. The van der Waals surface area contributed by atoms with Gasteiger partial charge in [0.25, 0.3) is 11.5 Å². The summed E-state index contributed by atoms with van der Waals surface area (Å²) in [6, 6.07) is 6.95. The first kappa shape index (κ1) is 12.8. The minimum atomic E-state index is -0.290. The maximum absolute atomic E-state index is 12.2. The smallest absolute Gasteiger partial charge is 0.272 e. The molecule has 1 aliphatic rings. The fourth-order valence-electron chi connectivity index (χ4n) is 2.35. The van der Waals surface area contributed by atoms with E-state index in [0.717, 1.165) is 13.0 Å². The second-order valence-corrected chi connectivity index (χ2v) is 4.89. The Bertz CT molecular complexity index is 689. The zero-order chi connectivity index (χ0) is 13.9. The fourth-order valence-corrected chi connectivity index (χ4v) is 2.35. The summed E-state index contributed by atoms with van der Waals surface area (Å²) in [6.07, 6.45) is 0.958. The second-order valence-electron chi connectivity index (χ2n) is 4.89. The summed E-state index contributed by atoms with van der Waals surface area (Å²) in [5.41, 5.74) is -0.0412. The molecule has 0 unspecified atom stereocenters. The molecule has 1 fully saturated rings. The van der Waals surface area contributed by atoms with Crippen molar-refractivity contribution in [1.82, 2.24) is 15.5 Å². The molecule has 104 valence electrons. The zero-order valence-corrected chi connectivity index (χ0v) is 10.9. The summed E-state index contributed by atoms with van der Waals surface area (Å²) in [7, 11) is 0. The number of aromatic nitrogens is 2. The molecule has 0 bridgehead atoms. The maximum atomic E-state index is 12.2. The van der Waals surface area contributed by atoms with Crippen LogP contribution in [-0.4, -0.2) is 35.9 Å². The van der Waals surface area contributed by atoms with Gasteiger partial charge in [0.05, 0.1) is 12.0 Å². The molecule has 1 atom stereocenters. The van der Waals surface area contributed by atoms with Crippen molar-refractivity contribution in [2.45, 2.75) is 6.42 Å². The zero-order valence-electron chi connectivity index (χ0n) is 10.9. The van der Waals surface area contributed by atoms with E-state index in [1.807, 2.05) is 0 Å². The summed E-state index contributed by atoms with van der Waals surface area (Å²) >= 11 is 0. The molecule has 6 nitrogen and oxygen atoms in total. The first-order valence-corrected chi connectivity index (χ1v) is 6.59. The van der Waals surface area contributed by atoms with Gasteiger partial charge in [0.1, 0.15) is 0 Å². The summed E-state index contributed by atoms with van der Waals surface area (Å²) in [6.45, 7) is 1.99. The number of nitrogens with one attached hydrogen (secondary N) is 2. The van der Waals surface area contributed by atoms with E-state index in [1.54, 1.807) is 24.3 Å². The normalized spacial score (nSPS) is 18.3. The first-order chi connectivity index (χ1) is 9.75. The third-order valence-electron chi connectivity index (χ3n) is 3.49. The molecule has 3 rings (SSSR count). The van der Waals surface area contributed by atoms with E-state index in [9.17, 15) is 9.59 Å². The van der Waals surface area contributed by atoms with E-state index in [1.165, 1.54) is 0 Å². The largest absolute Gasteiger partial charge is 0.381 e. The van der Waals surface area contributed by atoms with Crippen LogP contribution in [0, 0.1) is 5.92 Å². The van der Waals surface area contributed by atoms with Crippen molar-refractivity contribution >= 4 is 16.7 Å². The van der Waals surface area contributed by atoms with Gasteiger partial charge >= 0.3 is 0 Å². The number of ether oxygens (including phenoxy) is 1.